The van der Waals surface area contributed by atoms with Crippen molar-refractivity contribution >= 4 is 17.8 Å². The molecule has 1 aromatic heterocycles. The summed E-state index contributed by atoms with van der Waals surface area (Å²) in [6.07, 6.45) is -4.91. The van der Waals surface area contributed by atoms with Crippen LogP contribution in [0.15, 0.2) is 23.0 Å². The van der Waals surface area contributed by atoms with Crippen molar-refractivity contribution in [3.05, 3.63) is 24.2 Å². The van der Waals surface area contributed by atoms with Crippen molar-refractivity contribution in [2.24, 2.45) is 5.41 Å². The van der Waals surface area contributed by atoms with Gasteiger partial charge in [0.05, 0.1) is 25.0 Å². The van der Waals surface area contributed by atoms with Crippen LogP contribution in [-0.2, 0) is 14.3 Å². The Bertz CT molecular complexity index is 869. The highest BCUT2D eigenvalue weighted by Gasteiger charge is 2.41. The van der Waals surface area contributed by atoms with Gasteiger partial charge in [-0.1, -0.05) is 0 Å². The third kappa shape index (κ3) is 11.7. The van der Waals surface area contributed by atoms with Gasteiger partial charge in [0.2, 0.25) is 0 Å². The monoisotopic (exact) mass is 563 g/mol. The fourth-order valence-corrected chi connectivity index (χ4v) is 3.81. The molecule has 2 aliphatic rings. The van der Waals surface area contributed by atoms with E-state index in [0.29, 0.717) is 5.56 Å². The number of hydrogen-bond acceptors (Lipinski definition) is 7. The molecular formula is C22H31F6N3O7. The standard InChI is InChI=1S/C18H29N3O3.2C2HF3O2/c1-19(2)7-8-20-9-11-24-15-18(13-20)5-3-6-21(14-18)17(22)16-4-10-23-12-16;2*3-2(4,5)1(6)7/h4,10,12H,3,5-9,11,13-15H2,1-2H3;2*(H,6,7). The van der Waals surface area contributed by atoms with Crippen LogP contribution in [0.25, 0.3) is 0 Å². The zero-order valence-corrected chi connectivity index (χ0v) is 20.8. The van der Waals surface area contributed by atoms with Gasteiger partial charge < -0.3 is 29.2 Å². The molecule has 0 bridgehead atoms. The second kappa shape index (κ2) is 14.3. The highest BCUT2D eigenvalue weighted by molar-refractivity contribution is 5.93. The number of piperidine rings is 1. The summed E-state index contributed by atoms with van der Waals surface area (Å²) in [5.74, 6) is -5.44. The first-order valence-electron chi connectivity index (χ1n) is 11.3. The molecule has 38 heavy (non-hydrogen) atoms. The average molecular weight is 563 g/mol. The van der Waals surface area contributed by atoms with E-state index in [1.165, 1.54) is 6.26 Å². The van der Waals surface area contributed by atoms with Crippen LogP contribution in [0.5, 0.6) is 0 Å². The minimum absolute atomic E-state index is 0.0560. The summed E-state index contributed by atoms with van der Waals surface area (Å²) in [5.41, 5.74) is 0.701. The zero-order valence-electron chi connectivity index (χ0n) is 20.8. The Hall–Kier alpha value is -2.85. The topological polar surface area (TPSA) is 124 Å². The normalized spacial score (nSPS) is 20.6. The van der Waals surface area contributed by atoms with Gasteiger partial charge in [-0.2, -0.15) is 26.3 Å². The van der Waals surface area contributed by atoms with Crippen molar-refractivity contribution in [2.45, 2.75) is 25.2 Å². The zero-order chi connectivity index (χ0) is 29.1. The molecule has 0 aromatic carbocycles. The Morgan fingerprint density at radius 1 is 1.03 bits per heavy atom. The maximum atomic E-state index is 12.7. The predicted octanol–water partition coefficient (Wildman–Crippen LogP) is 2.66. The van der Waals surface area contributed by atoms with Gasteiger partial charge in [-0.25, -0.2) is 9.59 Å². The molecule has 1 amide bonds. The number of nitrogens with zero attached hydrogens (tertiary/aromatic N) is 3. The van der Waals surface area contributed by atoms with Gasteiger partial charge in [-0.15, -0.1) is 0 Å². The molecule has 0 saturated carbocycles. The minimum atomic E-state index is -5.08. The van der Waals surface area contributed by atoms with Crippen LogP contribution in [0.3, 0.4) is 0 Å². The van der Waals surface area contributed by atoms with Crippen molar-refractivity contribution in [1.82, 2.24) is 14.7 Å². The van der Waals surface area contributed by atoms with Gasteiger partial charge in [0.15, 0.2) is 0 Å². The third-order valence-corrected chi connectivity index (χ3v) is 5.58. The molecule has 1 atom stereocenters. The van der Waals surface area contributed by atoms with Crippen molar-refractivity contribution in [1.29, 1.82) is 0 Å². The number of alkyl halides is 6. The maximum absolute atomic E-state index is 12.7. The van der Waals surface area contributed by atoms with Gasteiger partial charge in [0.1, 0.15) is 6.26 Å². The van der Waals surface area contributed by atoms with E-state index in [0.717, 1.165) is 65.3 Å². The Balaban J connectivity index is 0.000000426. The lowest BCUT2D eigenvalue weighted by molar-refractivity contribution is -0.193. The Morgan fingerprint density at radius 3 is 2.08 bits per heavy atom. The second-order valence-corrected chi connectivity index (χ2v) is 9.08. The summed E-state index contributed by atoms with van der Waals surface area (Å²) in [6, 6.07) is 1.75. The van der Waals surface area contributed by atoms with Gasteiger partial charge in [0, 0.05) is 44.7 Å². The molecule has 3 heterocycles. The number of carbonyl (C=O) groups is 3. The van der Waals surface area contributed by atoms with E-state index < -0.39 is 24.3 Å². The first-order valence-corrected chi connectivity index (χ1v) is 11.3. The van der Waals surface area contributed by atoms with Crippen molar-refractivity contribution in [3.8, 4) is 0 Å². The SMILES string of the molecule is CN(C)CCN1CCOCC2(CCCN(C(=O)c3ccoc3)C2)C1.O=C(O)C(F)(F)F.O=C(O)C(F)(F)F. The maximum Gasteiger partial charge on any atom is 0.490 e. The van der Waals surface area contributed by atoms with E-state index in [9.17, 15) is 31.1 Å². The number of ether oxygens (including phenoxy) is 1. The molecule has 1 aromatic rings. The number of hydrogen-bond donors (Lipinski definition) is 2. The number of halogens is 6. The molecule has 10 nitrogen and oxygen atoms in total. The summed E-state index contributed by atoms with van der Waals surface area (Å²) < 4.78 is 74.5. The van der Waals surface area contributed by atoms with Crippen LogP contribution in [0.1, 0.15) is 23.2 Å². The van der Waals surface area contributed by atoms with Crippen LogP contribution < -0.4 is 0 Å². The predicted molar refractivity (Wildman–Crippen MR) is 119 cm³/mol. The summed E-state index contributed by atoms with van der Waals surface area (Å²) in [7, 11) is 4.21. The lowest BCUT2D eigenvalue weighted by atomic mass is 9.80. The molecule has 2 aliphatic heterocycles. The highest BCUT2D eigenvalue weighted by Crippen LogP contribution is 2.33. The van der Waals surface area contributed by atoms with E-state index in [1.54, 1.807) is 12.3 Å². The first-order chi connectivity index (χ1) is 17.5. The third-order valence-electron chi connectivity index (χ3n) is 5.58. The quantitative estimate of drug-likeness (QED) is 0.533. The molecule has 2 fully saturated rings. The number of likely N-dealkylation sites (N-methyl/N-ethyl adjacent to an activating group) is 1. The van der Waals surface area contributed by atoms with Gasteiger partial charge in [0.25, 0.3) is 5.91 Å². The molecule has 3 rings (SSSR count). The van der Waals surface area contributed by atoms with Crippen LogP contribution in [0, 0.1) is 5.41 Å². The summed E-state index contributed by atoms with van der Waals surface area (Å²) in [5, 5.41) is 14.2. The molecule has 1 unspecified atom stereocenters. The molecule has 0 aliphatic carbocycles. The molecule has 2 saturated heterocycles. The molecule has 16 heteroatoms. The Kier molecular flexibility index (Phi) is 12.5. The van der Waals surface area contributed by atoms with E-state index in [-0.39, 0.29) is 11.3 Å². The van der Waals surface area contributed by atoms with Crippen LogP contribution in [0.4, 0.5) is 26.3 Å². The number of furan rings is 1. The van der Waals surface area contributed by atoms with Crippen molar-refractivity contribution < 1.29 is 60.1 Å². The summed E-state index contributed by atoms with van der Waals surface area (Å²) in [6.45, 7) is 7.22. The fourth-order valence-electron chi connectivity index (χ4n) is 3.81. The number of aliphatic carboxylic acids is 2. The van der Waals surface area contributed by atoms with Crippen LogP contribution in [-0.4, -0.2) is 122 Å². The molecule has 2 N–H and O–H groups in total. The van der Waals surface area contributed by atoms with Gasteiger partial charge in [-0.3, -0.25) is 9.69 Å². The number of carboxylic acids is 2. The number of rotatable bonds is 4. The van der Waals surface area contributed by atoms with Crippen molar-refractivity contribution in [2.75, 3.05) is 66.6 Å². The summed E-state index contributed by atoms with van der Waals surface area (Å²) >= 11 is 0. The molecule has 0 radical (unpaired) electrons. The van der Waals surface area contributed by atoms with E-state index in [4.69, 9.17) is 29.0 Å². The largest absolute Gasteiger partial charge is 0.490 e. The molecule has 1 spiro atoms. The molecule has 218 valence electrons. The highest BCUT2D eigenvalue weighted by atomic mass is 19.4. The first kappa shape index (κ1) is 33.2. The van der Waals surface area contributed by atoms with Crippen LogP contribution >= 0.6 is 0 Å². The van der Waals surface area contributed by atoms with Gasteiger partial charge >= 0.3 is 24.3 Å². The lowest BCUT2D eigenvalue weighted by Gasteiger charge is -2.43. The van der Waals surface area contributed by atoms with Crippen LogP contribution in [0.2, 0.25) is 0 Å². The number of carboxylic acid groups (broad SMARTS) is 2. The minimum Gasteiger partial charge on any atom is -0.475 e. The molecular weight excluding hydrogens is 532 g/mol. The Labute approximate surface area is 214 Å². The number of amides is 1. The van der Waals surface area contributed by atoms with E-state index >= 15 is 0 Å². The lowest BCUT2D eigenvalue weighted by Crippen LogP contribution is -2.52. The van der Waals surface area contributed by atoms with E-state index in [1.807, 2.05) is 4.90 Å². The Morgan fingerprint density at radius 2 is 1.61 bits per heavy atom. The summed E-state index contributed by atoms with van der Waals surface area (Å²) in [4.78, 5) is 37.2. The number of carbonyl (C=O) groups excluding carboxylic acids is 1. The van der Waals surface area contributed by atoms with E-state index in [2.05, 4.69) is 23.9 Å². The second-order valence-electron chi connectivity index (χ2n) is 9.08. The fraction of sp³-hybridized carbons (Fsp3) is 0.682. The smallest absolute Gasteiger partial charge is 0.475 e. The number of likely N-dealkylation sites (tertiary alicyclic amines) is 1. The average Bonchev–Trinajstić information content (AvgIpc) is 3.27. The van der Waals surface area contributed by atoms with Gasteiger partial charge in [-0.05, 0) is 33.0 Å². The van der Waals surface area contributed by atoms with Crippen molar-refractivity contribution in [3.63, 3.8) is 0 Å².